The van der Waals surface area contributed by atoms with Crippen molar-refractivity contribution in [1.82, 2.24) is 16.0 Å². The maximum atomic E-state index is 11.9. The average Bonchev–Trinajstić information content (AvgIpc) is 2.49. The fraction of sp³-hybridized carbons (Fsp3) is 0.529. The molecule has 3 N–H and O–H groups in total. The van der Waals surface area contributed by atoms with Gasteiger partial charge >= 0.3 is 0 Å². The summed E-state index contributed by atoms with van der Waals surface area (Å²) in [5.41, 5.74) is 0.656. The molecule has 1 aromatic carbocycles. The summed E-state index contributed by atoms with van der Waals surface area (Å²) < 4.78 is 5.31. The van der Waals surface area contributed by atoms with Gasteiger partial charge in [-0.3, -0.25) is 4.79 Å². The Morgan fingerprint density at radius 2 is 1.96 bits per heavy atom. The van der Waals surface area contributed by atoms with Crippen LogP contribution >= 0.6 is 35.6 Å². The maximum absolute atomic E-state index is 11.9. The Balaban J connectivity index is 0.00000576. The molecule has 0 fully saturated rings. The van der Waals surface area contributed by atoms with E-state index in [1.165, 1.54) is 0 Å². The standard InChI is InChI=1S/C17H27ClN4O2.HI/c1-6-19-16(21-11-15(23)22-17(2,3)4)20-10-12-7-8-13(18)9-14(12)24-5;/h7-9H,6,10-11H2,1-5H3,(H,22,23)(H2,19,20,21);1H. The van der Waals surface area contributed by atoms with Crippen LogP contribution in [0.15, 0.2) is 23.2 Å². The number of carbonyl (C=O) groups excluding carboxylic acids is 1. The predicted molar refractivity (Wildman–Crippen MR) is 114 cm³/mol. The number of rotatable bonds is 6. The van der Waals surface area contributed by atoms with E-state index in [0.717, 1.165) is 5.56 Å². The van der Waals surface area contributed by atoms with Gasteiger partial charge in [-0.05, 0) is 39.8 Å². The van der Waals surface area contributed by atoms with Gasteiger partial charge in [0.1, 0.15) is 5.75 Å². The van der Waals surface area contributed by atoms with Crippen LogP contribution in [-0.4, -0.2) is 37.6 Å². The summed E-state index contributed by atoms with van der Waals surface area (Å²) in [6.45, 7) is 9.06. The van der Waals surface area contributed by atoms with E-state index in [1.807, 2.05) is 33.8 Å². The number of benzene rings is 1. The minimum Gasteiger partial charge on any atom is -0.496 e. The summed E-state index contributed by atoms with van der Waals surface area (Å²) in [6, 6.07) is 5.43. The van der Waals surface area contributed by atoms with E-state index < -0.39 is 0 Å². The van der Waals surface area contributed by atoms with Crippen molar-refractivity contribution in [2.24, 2.45) is 4.99 Å². The van der Waals surface area contributed by atoms with Gasteiger partial charge in [-0.1, -0.05) is 17.7 Å². The molecule has 25 heavy (non-hydrogen) atoms. The molecule has 1 rings (SSSR count). The molecule has 0 saturated carbocycles. The van der Waals surface area contributed by atoms with Crippen molar-refractivity contribution < 1.29 is 9.53 Å². The number of nitrogens with zero attached hydrogens (tertiary/aromatic N) is 1. The lowest BCUT2D eigenvalue weighted by Crippen LogP contribution is -2.48. The number of hydrogen-bond donors (Lipinski definition) is 3. The number of hydrogen-bond acceptors (Lipinski definition) is 3. The van der Waals surface area contributed by atoms with E-state index in [4.69, 9.17) is 16.3 Å². The summed E-state index contributed by atoms with van der Waals surface area (Å²) in [7, 11) is 1.60. The predicted octanol–water partition coefficient (Wildman–Crippen LogP) is 2.94. The maximum Gasteiger partial charge on any atom is 0.239 e. The zero-order chi connectivity index (χ0) is 18.2. The van der Waals surface area contributed by atoms with Gasteiger partial charge in [-0.25, -0.2) is 4.99 Å². The zero-order valence-corrected chi connectivity index (χ0v) is 18.5. The molecule has 0 unspecified atom stereocenters. The van der Waals surface area contributed by atoms with Crippen LogP contribution in [0, 0.1) is 0 Å². The Morgan fingerprint density at radius 1 is 1.28 bits per heavy atom. The number of carbonyl (C=O) groups is 1. The van der Waals surface area contributed by atoms with Crippen molar-refractivity contribution in [2.75, 3.05) is 20.2 Å². The lowest BCUT2D eigenvalue weighted by Gasteiger charge is -2.21. The molecule has 0 aliphatic carbocycles. The minimum absolute atomic E-state index is 0. The lowest BCUT2D eigenvalue weighted by atomic mass is 10.1. The number of halogens is 2. The van der Waals surface area contributed by atoms with Crippen molar-refractivity contribution in [3.63, 3.8) is 0 Å². The van der Waals surface area contributed by atoms with E-state index in [9.17, 15) is 4.79 Å². The normalized spacial score (nSPS) is 11.4. The Morgan fingerprint density at radius 3 is 2.52 bits per heavy atom. The van der Waals surface area contributed by atoms with Gasteiger partial charge in [0.2, 0.25) is 5.91 Å². The topological polar surface area (TPSA) is 74.8 Å². The van der Waals surface area contributed by atoms with Crippen LogP contribution in [0.25, 0.3) is 0 Å². The van der Waals surface area contributed by atoms with Gasteiger partial charge in [0.15, 0.2) is 5.96 Å². The van der Waals surface area contributed by atoms with Crippen molar-refractivity contribution in [3.8, 4) is 5.75 Å². The molecular weight excluding hydrogens is 455 g/mol. The lowest BCUT2D eigenvalue weighted by molar-refractivity contribution is -0.121. The van der Waals surface area contributed by atoms with E-state index >= 15 is 0 Å². The monoisotopic (exact) mass is 482 g/mol. The van der Waals surface area contributed by atoms with Crippen LogP contribution in [-0.2, 0) is 11.3 Å². The summed E-state index contributed by atoms with van der Waals surface area (Å²) in [4.78, 5) is 16.4. The molecule has 0 aliphatic heterocycles. The van der Waals surface area contributed by atoms with Crippen molar-refractivity contribution in [3.05, 3.63) is 28.8 Å². The molecule has 0 aromatic heterocycles. The largest absolute Gasteiger partial charge is 0.496 e. The van der Waals surface area contributed by atoms with Gasteiger partial charge in [0.25, 0.3) is 0 Å². The van der Waals surface area contributed by atoms with Crippen LogP contribution in [0.3, 0.4) is 0 Å². The molecular formula is C17H28ClIN4O2. The molecule has 0 radical (unpaired) electrons. The number of methoxy groups -OCH3 is 1. The van der Waals surface area contributed by atoms with Gasteiger partial charge in [0, 0.05) is 22.7 Å². The number of aliphatic imine (C=N–C) groups is 1. The van der Waals surface area contributed by atoms with Gasteiger partial charge in [-0.2, -0.15) is 0 Å². The first-order valence-corrected chi connectivity index (χ1v) is 8.28. The second-order valence-corrected chi connectivity index (χ2v) is 6.74. The third-order valence-corrected chi connectivity index (χ3v) is 3.17. The highest BCUT2D eigenvalue weighted by molar-refractivity contribution is 14.0. The fourth-order valence-corrected chi connectivity index (χ4v) is 2.14. The zero-order valence-electron chi connectivity index (χ0n) is 15.4. The van der Waals surface area contributed by atoms with Crippen molar-refractivity contribution in [1.29, 1.82) is 0 Å². The molecule has 0 aliphatic rings. The molecule has 0 spiro atoms. The number of guanidine groups is 1. The van der Waals surface area contributed by atoms with E-state index in [-0.39, 0.29) is 42.0 Å². The van der Waals surface area contributed by atoms with Crippen LogP contribution in [0.1, 0.15) is 33.3 Å². The smallest absolute Gasteiger partial charge is 0.239 e. The first kappa shape index (κ1) is 23.8. The van der Waals surface area contributed by atoms with Crippen LogP contribution in [0.4, 0.5) is 0 Å². The summed E-state index contributed by atoms with van der Waals surface area (Å²) in [5, 5.41) is 9.64. The number of nitrogens with one attached hydrogen (secondary N) is 3. The molecule has 6 nitrogen and oxygen atoms in total. The highest BCUT2D eigenvalue weighted by atomic mass is 127. The fourth-order valence-electron chi connectivity index (χ4n) is 1.98. The molecule has 8 heteroatoms. The first-order chi connectivity index (χ1) is 11.2. The van der Waals surface area contributed by atoms with Crippen molar-refractivity contribution >= 4 is 47.4 Å². The van der Waals surface area contributed by atoms with Crippen molar-refractivity contribution in [2.45, 2.75) is 39.8 Å². The SMILES string of the molecule is CCNC(=NCc1ccc(Cl)cc1OC)NCC(=O)NC(C)(C)C.I. The Kier molecular flexibility index (Phi) is 10.8. The van der Waals surface area contributed by atoms with Crippen LogP contribution < -0.4 is 20.7 Å². The highest BCUT2D eigenvalue weighted by Gasteiger charge is 2.13. The molecule has 0 heterocycles. The molecule has 1 amide bonds. The second kappa shape index (κ2) is 11.4. The quantitative estimate of drug-likeness (QED) is 0.331. The second-order valence-electron chi connectivity index (χ2n) is 6.30. The van der Waals surface area contributed by atoms with E-state index in [2.05, 4.69) is 20.9 Å². The Labute approximate surface area is 172 Å². The van der Waals surface area contributed by atoms with Crippen LogP contribution in [0.2, 0.25) is 5.02 Å². The first-order valence-electron chi connectivity index (χ1n) is 7.90. The van der Waals surface area contributed by atoms with Gasteiger partial charge < -0.3 is 20.7 Å². The summed E-state index contributed by atoms with van der Waals surface area (Å²) >= 11 is 5.96. The molecule has 0 atom stereocenters. The summed E-state index contributed by atoms with van der Waals surface area (Å²) in [6.07, 6.45) is 0. The molecule has 0 saturated heterocycles. The van der Waals surface area contributed by atoms with E-state index in [0.29, 0.717) is 29.8 Å². The molecule has 1 aromatic rings. The Hall–Kier alpha value is -1.22. The minimum atomic E-state index is -0.259. The highest BCUT2D eigenvalue weighted by Crippen LogP contribution is 2.23. The average molecular weight is 483 g/mol. The van der Waals surface area contributed by atoms with E-state index in [1.54, 1.807) is 19.2 Å². The third kappa shape index (κ3) is 9.74. The Bertz CT molecular complexity index is 589. The number of amides is 1. The van der Waals surface area contributed by atoms with Gasteiger partial charge in [-0.15, -0.1) is 24.0 Å². The number of ether oxygens (including phenoxy) is 1. The molecule has 142 valence electrons. The molecule has 0 bridgehead atoms. The third-order valence-electron chi connectivity index (χ3n) is 2.93. The summed E-state index contributed by atoms with van der Waals surface area (Å²) in [5.74, 6) is 1.17. The van der Waals surface area contributed by atoms with Crippen LogP contribution in [0.5, 0.6) is 5.75 Å². The van der Waals surface area contributed by atoms with Gasteiger partial charge in [0.05, 0.1) is 20.2 Å².